The molecule has 39 heavy (non-hydrogen) atoms. The molecule has 6 nitrogen and oxygen atoms in total. The number of carbonyl (C=O) groups excluding carboxylic acids is 3. The van der Waals surface area contributed by atoms with Gasteiger partial charge in [0.25, 0.3) is 0 Å². The Morgan fingerprint density at radius 1 is 0.846 bits per heavy atom. The third-order valence-electron chi connectivity index (χ3n) is 6.80. The minimum absolute atomic E-state index is 0.0347. The molecular weight excluding hydrogens is 490 g/mol. The minimum Gasteiger partial charge on any atom is -0.457 e. The lowest BCUT2D eigenvalue weighted by molar-refractivity contribution is -0.151. The zero-order valence-corrected chi connectivity index (χ0v) is 21.9. The smallest absolute Gasteiger partial charge is 0.312 e. The van der Waals surface area contributed by atoms with Gasteiger partial charge in [-0.15, -0.1) is 0 Å². The molecule has 1 aliphatic rings. The first-order valence-corrected chi connectivity index (χ1v) is 12.9. The molecule has 1 fully saturated rings. The molecule has 1 aliphatic heterocycles. The molecule has 6 heteroatoms. The van der Waals surface area contributed by atoms with Crippen LogP contribution < -0.4 is 9.64 Å². The van der Waals surface area contributed by atoms with Gasteiger partial charge in [0.05, 0.1) is 5.92 Å². The van der Waals surface area contributed by atoms with Gasteiger partial charge in [-0.3, -0.25) is 14.4 Å². The largest absolute Gasteiger partial charge is 0.457 e. The minimum atomic E-state index is -0.931. The van der Waals surface area contributed by atoms with Crippen LogP contribution in [0.4, 0.5) is 5.69 Å². The first-order chi connectivity index (χ1) is 18.9. The highest BCUT2D eigenvalue weighted by molar-refractivity contribution is 6.02. The molecule has 0 unspecified atom stereocenters. The SMILES string of the molecule is Cc1ccc(C(=O)[C@H](C)OC(=O)[C@@H]2CC(=O)N(c3ccc(Oc4ccccc4-c4ccccc4)cc3)C2)cc1. The summed E-state index contributed by atoms with van der Waals surface area (Å²) in [5, 5.41) is 0. The maximum absolute atomic E-state index is 12.8. The molecule has 0 spiro atoms. The van der Waals surface area contributed by atoms with Crippen molar-refractivity contribution >= 4 is 23.3 Å². The number of aryl methyl sites for hydroxylation is 1. The molecule has 5 rings (SSSR count). The molecule has 0 N–H and O–H groups in total. The molecular formula is C33H29NO5. The van der Waals surface area contributed by atoms with Gasteiger partial charge in [-0.2, -0.15) is 0 Å². The number of benzene rings is 4. The number of nitrogens with zero attached hydrogens (tertiary/aromatic N) is 1. The summed E-state index contributed by atoms with van der Waals surface area (Å²) in [6.45, 7) is 3.69. The molecule has 4 aromatic rings. The van der Waals surface area contributed by atoms with Gasteiger partial charge in [0.2, 0.25) is 11.7 Å². The zero-order valence-electron chi connectivity index (χ0n) is 21.9. The average molecular weight is 520 g/mol. The van der Waals surface area contributed by atoms with Crippen molar-refractivity contribution in [3.05, 3.63) is 114 Å². The van der Waals surface area contributed by atoms with Crippen molar-refractivity contribution in [3.8, 4) is 22.6 Å². The summed E-state index contributed by atoms with van der Waals surface area (Å²) < 4.78 is 11.6. The molecule has 1 saturated heterocycles. The average Bonchev–Trinajstić information content (AvgIpc) is 3.36. The number of amides is 1. The van der Waals surface area contributed by atoms with Gasteiger partial charge in [0, 0.05) is 29.8 Å². The van der Waals surface area contributed by atoms with Crippen LogP contribution in [0.25, 0.3) is 11.1 Å². The van der Waals surface area contributed by atoms with Crippen LogP contribution in [-0.2, 0) is 14.3 Å². The topological polar surface area (TPSA) is 72.9 Å². The van der Waals surface area contributed by atoms with Crippen molar-refractivity contribution in [2.75, 3.05) is 11.4 Å². The molecule has 2 atom stereocenters. The Balaban J connectivity index is 1.22. The number of hydrogen-bond acceptors (Lipinski definition) is 5. The van der Waals surface area contributed by atoms with Crippen LogP contribution in [-0.4, -0.2) is 30.3 Å². The van der Waals surface area contributed by atoms with Crippen molar-refractivity contribution in [3.63, 3.8) is 0 Å². The van der Waals surface area contributed by atoms with E-state index in [4.69, 9.17) is 9.47 Å². The lowest BCUT2D eigenvalue weighted by atomic mass is 10.0. The quantitative estimate of drug-likeness (QED) is 0.193. The number of anilines is 1. The normalized spacial score (nSPS) is 15.6. The second-order valence-corrected chi connectivity index (χ2v) is 9.67. The van der Waals surface area contributed by atoms with E-state index in [9.17, 15) is 14.4 Å². The fourth-order valence-electron chi connectivity index (χ4n) is 4.62. The maximum Gasteiger partial charge on any atom is 0.312 e. The third-order valence-corrected chi connectivity index (χ3v) is 6.80. The Bertz CT molecular complexity index is 1480. The van der Waals surface area contributed by atoms with E-state index in [1.165, 1.54) is 0 Å². The number of hydrogen-bond donors (Lipinski definition) is 0. The van der Waals surface area contributed by atoms with Crippen LogP contribution in [0.3, 0.4) is 0 Å². The van der Waals surface area contributed by atoms with Crippen LogP contribution in [0.1, 0.15) is 29.3 Å². The highest BCUT2D eigenvalue weighted by atomic mass is 16.5. The number of ether oxygens (including phenoxy) is 2. The number of rotatable bonds is 8. The van der Waals surface area contributed by atoms with Gasteiger partial charge in [-0.25, -0.2) is 0 Å². The van der Waals surface area contributed by atoms with E-state index in [2.05, 4.69) is 0 Å². The van der Waals surface area contributed by atoms with Gasteiger partial charge < -0.3 is 14.4 Å². The second kappa shape index (κ2) is 11.4. The number of carbonyl (C=O) groups is 3. The molecule has 196 valence electrons. The number of para-hydroxylation sites is 1. The summed E-state index contributed by atoms with van der Waals surface area (Å²) in [6.07, 6.45) is -0.896. The number of esters is 1. The van der Waals surface area contributed by atoms with E-state index in [1.807, 2.05) is 73.7 Å². The fraction of sp³-hybridized carbons (Fsp3) is 0.182. The summed E-state index contributed by atoms with van der Waals surface area (Å²) in [7, 11) is 0. The lowest BCUT2D eigenvalue weighted by Gasteiger charge is -2.18. The summed E-state index contributed by atoms with van der Waals surface area (Å²) in [5.41, 5.74) is 4.23. The molecule has 1 heterocycles. The number of ketones is 1. The van der Waals surface area contributed by atoms with Crippen molar-refractivity contribution in [2.24, 2.45) is 5.92 Å². The predicted molar refractivity (Wildman–Crippen MR) is 150 cm³/mol. The molecule has 4 aromatic carbocycles. The molecule has 1 amide bonds. The van der Waals surface area contributed by atoms with Crippen molar-refractivity contribution < 1.29 is 23.9 Å². The Kier molecular flexibility index (Phi) is 7.55. The van der Waals surface area contributed by atoms with Crippen LogP contribution >= 0.6 is 0 Å². The highest BCUT2D eigenvalue weighted by Gasteiger charge is 2.37. The van der Waals surface area contributed by atoms with Crippen molar-refractivity contribution in [1.29, 1.82) is 0 Å². The van der Waals surface area contributed by atoms with Crippen LogP contribution in [0.15, 0.2) is 103 Å². The van der Waals surface area contributed by atoms with Gasteiger partial charge in [0.1, 0.15) is 11.5 Å². The van der Waals surface area contributed by atoms with Crippen LogP contribution in [0.2, 0.25) is 0 Å². The predicted octanol–water partition coefficient (Wildman–Crippen LogP) is 6.62. The van der Waals surface area contributed by atoms with Crippen molar-refractivity contribution in [2.45, 2.75) is 26.4 Å². The zero-order chi connectivity index (χ0) is 27.4. The Hall–Kier alpha value is -4.71. The highest BCUT2D eigenvalue weighted by Crippen LogP contribution is 2.34. The van der Waals surface area contributed by atoms with Gasteiger partial charge in [0.15, 0.2) is 6.10 Å². The molecule has 0 aromatic heterocycles. The fourth-order valence-corrected chi connectivity index (χ4v) is 4.62. The molecule has 0 aliphatic carbocycles. The summed E-state index contributed by atoms with van der Waals surface area (Å²) in [4.78, 5) is 39.8. The van der Waals surface area contributed by atoms with Crippen LogP contribution in [0.5, 0.6) is 11.5 Å². The molecule has 0 radical (unpaired) electrons. The van der Waals surface area contributed by atoms with Gasteiger partial charge in [-0.1, -0.05) is 78.4 Å². The third kappa shape index (κ3) is 5.91. The van der Waals surface area contributed by atoms with E-state index >= 15 is 0 Å². The molecule has 0 saturated carbocycles. The van der Waals surface area contributed by atoms with E-state index < -0.39 is 18.0 Å². The van der Waals surface area contributed by atoms with Gasteiger partial charge in [-0.05, 0) is 49.7 Å². The van der Waals surface area contributed by atoms with E-state index in [0.29, 0.717) is 17.0 Å². The number of Topliss-reactive ketones (excluding diaryl/α,β-unsaturated/α-hetero) is 1. The Morgan fingerprint density at radius 2 is 1.51 bits per heavy atom. The Labute approximate surface area is 227 Å². The van der Waals surface area contributed by atoms with E-state index in [0.717, 1.165) is 22.4 Å². The lowest BCUT2D eigenvalue weighted by Crippen LogP contribution is -2.30. The van der Waals surface area contributed by atoms with Crippen LogP contribution in [0, 0.1) is 12.8 Å². The first-order valence-electron chi connectivity index (χ1n) is 12.9. The summed E-state index contributed by atoms with van der Waals surface area (Å²) in [6, 6.07) is 32.2. The summed E-state index contributed by atoms with van der Waals surface area (Å²) in [5.74, 6) is -0.263. The van der Waals surface area contributed by atoms with Gasteiger partial charge >= 0.3 is 5.97 Å². The van der Waals surface area contributed by atoms with E-state index in [1.54, 1.807) is 48.2 Å². The molecule has 0 bridgehead atoms. The van der Waals surface area contributed by atoms with E-state index in [-0.39, 0.29) is 24.7 Å². The first kappa shape index (κ1) is 25.9. The maximum atomic E-state index is 12.8. The van der Waals surface area contributed by atoms with Crippen molar-refractivity contribution in [1.82, 2.24) is 0 Å². The second-order valence-electron chi connectivity index (χ2n) is 9.67. The Morgan fingerprint density at radius 3 is 2.23 bits per heavy atom. The standard InChI is InChI=1S/C33H29NO5/c1-22-12-14-25(15-13-22)32(36)23(2)38-33(37)26-20-31(35)34(21-26)27-16-18-28(19-17-27)39-30-11-7-6-10-29(30)24-8-4-3-5-9-24/h3-19,23,26H,20-21H2,1-2H3/t23-,26+/m0/s1. The monoisotopic (exact) mass is 519 g/mol. The summed E-state index contributed by atoms with van der Waals surface area (Å²) >= 11 is 0.